The zero-order valence-corrected chi connectivity index (χ0v) is 52.9. The number of imidazole rings is 1. The Balaban J connectivity index is 0.0000169. The van der Waals surface area contributed by atoms with Gasteiger partial charge in [-0.1, -0.05) is 26.5 Å². The number of fused-ring (bicyclic) bond motifs is 1. The van der Waals surface area contributed by atoms with Crippen molar-refractivity contribution in [3.63, 3.8) is 0 Å². The van der Waals surface area contributed by atoms with E-state index in [2.05, 4.69) is 53.2 Å². The molecule has 5 amide bonds. The molecule has 3 heterocycles. The second-order valence-corrected chi connectivity index (χ2v) is 22.9. The van der Waals surface area contributed by atoms with E-state index < -0.39 is 81.7 Å². The van der Waals surface area contributed by atoms with Crippen LogP contribution in [0.1, 0.15) is 66.6 Å². The number of hydrogen-bond acceptors (Lipinski definition) is 19. The predicted octanol–water partition coefficient (Wildman–Crippen LogP) is -0.704. The normalized spacial score (nSPS) is 14.9. The molecule has 0 spiro atoms. The van der Waals surface area contributed by atoms with Gasteiger partial charge in [0, 0.05) is 153 Å². The Labute approximate surface area is 544 Å². The Hall–Kier alpha value is -7.26. The number of rotatable bonds is 32. The number of aliphatic hydroxyl groups excluding tert-OH is 1. The first-order chi connectivity index (χ1) is 41.8. The summed E-state index contributed by atoms with van der Waals surface area (Å²) in [5.41, 5.74) is 0.920. The minimum atomic E-state index is -4.51. The Morgan fingerprint density at radius 3 is 1.83 bits per heavy atom. The first-order valence-corrected chi connectivity index (χ1v) is 30.2. The molecule has 2 aromatic heterocycles. The first-order valence-electron chi connectivity index (χ1n) is 28.7. The third-order valence-corrected chi connectivity index (χ3v) is 16.1. The van der Waals surface area contributed by atoms with Crippen LogP contribution in [0.3, 0.4) is 0 Å². The molecule has 1 saturated heterocycles. The summed E-state index contributed by atoms with van der Waals surface area (Å²) in [6.45, 7) is 11.4. The van der Waals surface area contributed by atoms with E-state index in [1.807, 2.05) is 4.90 Å². The number of carbonyl (C=O) groups is 8. The van der Waals surface area contributed by atoms with Gasteiger partial charge >= 0.3 is 17.9 Å². The Morgan fingerprint density at radius 2 is 1.29 bits per heavy atom. The van der Waals surface area contributed by atoms with Gasteiger partial charge in [0.1, 0.15) is 29.4 Å². The number of aryl methyl sites for hydroxylation is 3. The van der Waals surface area contributed by atoms with Gasteiger partial charge in [0.05, 0.1) is 49.0 Å². The van der Waals surface area contributed by atoms with Gasteiger partial charge in [0.15, 0.2) is 5.95 Å². The van der Waals surface area contributed by atoms with E-state index in [4.69, 9.17) is 4.74 Å². The van der Waals surface area contributed by atoms with Crippen LogP contribution in [0.25, 0.3) is 10.9 Å². The third-order valence-electron chi connectivity index (χ3n) is 14.3. The van der Waals surface area contributed by atoms with E-state index in [1.54, 1.807) is 70.8 Å². The number of sulfonamides is 1. The van der Waals surface area contributed by atoms with Crippen molar-refractivity contribution >= 4 is 74.3 Å². The molecular formula is C57H82LuN14O16S. The van der Waals surface area contributed by atoms with Gasteiger partial charge in [-0.25, -0.2) is 13.4 Å². The maximum absolute atomic E-state index is 13.7. The van der Waals surface area contributed by atoms with Crippen molar-refractivity contribution in [3.8, 4) is 5.75 Å². The van der Waals surface area contributed by atoms with Gasteiger partial charge in [-0.2, -0.15) is 4.72 Å². The summed E-state index contributed by atoms with van der Waals surface area (Å²) < 4.78 is 36.9. The quantitative estimate of drug-likeness (QED) is 0.0212. The molecule has 32 heteroatoms. The number of H-pyrrole nitrogens is 1. The molecule has 3 atom stereocenters. The number of carboxylic acid groups (broad SMARTS) is 3. The Kier molecular flexibility index (Phi) is 30.4. The van der Waals surface area contributed by atoms with E-state index in [9.17, 15) is 72.0 Å². The van der Waals surface area contributed by atoms with Crippen LogP contribution in [-0.2, 0) is 57.2 Å². The number of benzene rings is 2. The minimum Gasteiger partial charge on any atom is -0.512 e. The first kappa shape index (κ1) is 74.2. The van der Waals surface area contributed by atoms with Crippen LogP contribution in [0.2, 0.25) is 0 Å². The summed E-state index contributed by atoms with van der Waals surface area (Å²) in [6.07, 6.45) is 5.24. The molecule has 4 aromatic rings. The van der Waals surface area contributed by atoms with E-state index in [1.165, 1.54) is 32.2 Å². The van der Waals surface area contributed by atoms with Crippen molar-refractivity contribution in [2.24, 2.45) is 7.05 Å². The summed E-state index contributed by atoms with van der Waals surface area (Å²) in [4.78, 5) is 129. The standard InChI is InChI=1S/C57H82N14O16S.Lu/c1-7-43(65-55(82)44(8-2)64-48(74)33-69-19-23-70(34-49(75)76)21-17-68(31-38(5)72)18-22-71(24-20-69)35-50(77)78)54(81)59-14-13-58-47(73)10-9-25-87-40-26-36(3)52(37(4)27-40)88(85,86)66-45(56(83)84)30-62-53(80)42-32-67(6)46-28-39(11-12-41(46)51(42)79)29-63-57-60-15-16-61-57;/h11-12,15-16,26-28,32,43-45,66,72H,5,7-10,13-14,17-25,29-31,33-35H2,1-4,6H3,(H,58,73)(H,59,81)(H,62,80)(H,64,74)(H,65,82)(H,75,76)(H,77,78)(H,83,84)(H2,60,61,63);/t43?,44-,45?;/m0./s1. The number of nitrogens with one attached hydrogen (secondary N) is 8. The summed E-state index contributed by atoms with van der Waals surface area (Å²) in [7, 11) is -2.87. The van der Waals surface area contributed by atoms with E-state index in [0.717, 1.165) is 5.56 Å². The van der Waals surface area contributed by atoms with E-state index in [-0.39, 0.29) is 179 Å². The van der Waals surface area contributed by atoms with Crippen LogP contribution < -0.4 is 46.8 Å². The molecule has 497 valence electrons. The van der Waals surface area contributed by atoms with Crippen molar-refractivity contribution < 1.29 is 109 Å². The van der Waals surface area contributed by atoms with Gasteiger partial charge < -0.3 is 66.6 Å². The molecule has 0 saturated carbocycles. The number of aliphatic hydroxyl groups is 1. The number of anilines is 1. The molecule has 1 radical (unpaired) electrons. The van der Waals surface area contributed by atoms with Crippen molar-refractivity contribution in [3.05, 3.63) is 93.7 Å². The van der Waals surface area contributed by atoms with Crippen LogP contribution in [0.15, 0.2) is 71.0 Å². The zero-order valence-electron chi connectivity index (χ0n) is 50.4. The molecule has 5 rings (SSSR count). The average Bonchev–Trinajstić information content (AvgIpc) is 2.82. The van der Waals surface area contributed by atoms with Crippen molar-refractivity contribution in [2.45, 2.75) is 82.9 Å². The molecule has 12 N–H and O–H groups in total. The third kappa shape index (κ3) is 24.2. The molecule has 0 bridgehead atoms. The number of carboxylic acids is 3. The van der Waals surface area contributed by atoms with E-state index in [0.29, 0.717) is 44.2 Å². The second-order valence-electron chi connectivity index (χ2n) is 21.3. The molecule has 1 fully saturated rings. The smallest absolute Gasteiger partial charge is 0.323 e. The van der Waals surface area contributed by atoms with E-state index >= 15 is 0 Å². The van der Waals surface area contributed by atoms with Gasteiger partial charge in [-0.05, 0) is 74.1 Å². The van der Waals surface area contributed by atoms with Crippen LogP contribution in [0.4, 0.5) is 5.95 Å². The molecule has 2 unspecified atom stereocenters. The number of amides is 5. The molecule has 30 nitrogen and oxygen atoms in total. The predicted molar refractivity (Wildman–Crippen MR) is 323 cm³/mol. The number of aromatic amines is 1. The maximum Gasteiger partial charge on any atom is 0.323 e. The maximum atomic E-state index is 13.7. The van der Waals surface area contributed by atoms with Crippen molar-refractivity contribution in [2.75, 3.05) is 110 Å². The largest absolute Gasteiger partial charge is 0.512 e. The second kappa shape index (κ2) is 36.4. The fourth-order valence-electron chi connectivity index (χ4n) is 9.78. The molecule has 1 aliphatic heterocycles. The number of ether oxygens (including phenoxy) is 1. The number of pyridine rings is 1. The number of aromatic nitrogens is 3. The fourth-order valence-corrected chi connectivity index (χ4v) is 11.4. The van der Waals surface area contributed by atoms with Crippen LogP contribution in [0.5, 0.6) is 5.75 Å². The monoisotopic (exact) mass is 1430 g/mol. The SMILES string of the molecule is C=C(O)CN1CCN(CC(=O)O)CCN(CC(=O)N[C@@H](CC)C(=O)NC(CC)C(=O)NCCNC(=O)CCCOc2cc(C)c(S(=O)(=O)NC(CNC(=O)c3cn(C)c4cc(CNc5ncc[nH]5)ccc4c3=O)C(=O)O)c(C)c2)CCN(CC(=O)O)CC1.[Lu]. The number of hydrogen-bond donors (Lipinski definition) is 12. The summed E-state index contributed by atoms with van der Waals surface area (Å²) in [5, 5.41) is 55.5. The Morgan fingerprint density at radius 1 is 0.730 bits per heavy atom. The van der Waals surface area contributed by atoms with Crippen molar-refractivity contribution in [1.29, 1.82) is 0 Å². The summed E-state index contributed by atoms with van der Waals surface area (Å²) >= 11 is 0. The summed E-state index contributed by atoms with van der Waals surface area (Å²) in [5.74, 6) is -5.82. The average molecular weight is 1430 g/mol. The molecule has 89 heavy (non-hydrogen) atoms. The van der Waals surface area contributed by atoms with Gasteiger partial charge in [-0.15, -0.1) is 0 Å². The van der Waals surface area contributed by atoms with Gasteiger partial charge in [0.2, 0.25) is 39.1 Å². The zero-order chi connectivity index (χ0) is 64.7. The Bertz CT molecular complexity index is 3240. The molecule has 2 aromatic carbocycles. The molecule has 0 aliphatic carbocycles. The molecular weight excluding hydrogens is 1340 g/mol. The number of carbonyl (C=O) groups excluding carboxylic acids is 5. The number of aliphatic carboxylic acids is 3. The topological polar surface area (TPSA) is 409 Å². The molecule has 1 aliphatic rings. The van der Waals surface area contributed by atoms with Gasteiger partial charge in [0.25, 0.3) is 5.91 Å². The van der Waals surface area contributed by atoms with Gasteiger partial charge in [-0.3, -0.25) is 62.8 Å². The van der Waals surface area contributed by atoms with Crippen LogP contribution >= 0.6 is 0 Å². The number of nitrogens with zero attached hydrogens (tertiary/aromatic N) is 6. The van der Waals surface area contributed by atoms with Crippen LogP contribution in [-0.4, -0.2) is 233 Å². The van der Waals surface area contributed by atoms with Crippen LogP contribution in [0, 0.1) is 50.7 Å². The summed E-state index contributed by atoms with van der Waals surface area (Å²) in [6, 6.07) is 4.14. The minimum absolute atomic E-state index is 0. The van der Waals surface area contributed by atoms with Crippen molar-refractivity contribution in [1.82, 2.24) is 65.4 Å². The fraction of sp³-hybridized carbons (Fsp3) is 0.509.